The first-order valence-electron chi connectivity index (χ1n) is 6.10. The molecule has 6 nitrogen and oxygen atoms in total. The molecular formula is C13H15FN4O2. The molecule has 0 aliphatic heterocycles. The molecule has 0 aliphatic carbocycles. The maximum absolute atomic E-state index is 13.5. The van der Waals surface area contributed by atoms with Crippen LogP contribution in [0.1, 0.15) is 5.89 Å². The first kappa shape index (κ1) is 14.0. The molecule has 0 saturated carbocycles. The van der Waals surface area contributed by atoms with Crippen LogP contribution in [0.25, 0.3) is 11.4 Å². The minimum atomic E-state index is -0.402. The Labute approximate surface area is 115 Å². The highest BCUT2D eigenvalue weighted by molar-refractivity contribution is 5.73. The second-order valence-electron chi connectivity index (χ2n) is 4.37. The Balaban J connectivity index is 1.96. The van der Waals surface area contributed by atoms with E-state index < -0.39 is 5.82 Å². The lowest BCUT2D eigenvalue weighted by Crippen LogP contribution is -2.35. The molecule has 1 aromatic carbocycles. The molecule has 1 N–H and O–H groups in total. The first-order chi connectivity index (χ1) is 9.58. The molecule has 0 aliphatic rings. The Morgan fingerprint density at radius 2 is 2.15 bits per heavy atom. The summed E-state index contributed by atoms with van der Waals surface area (Å²) in [6.45, 7) is 0.371. The number of rotatable bonds is 4. The Morgan fingerprint density at radius 3 is 2.85 bits per heavy atom. The fourth-order valence-electron chi connectivity index (χ4n) is 1.54. The van der Waals surface area contributed by atoms with Crippen molar-refractivity contribution in [3.8, 4) is 11.4 Å². The molecule has 1 aromatic heterocycles. The summed E-state index contributed by atoms with van der Waals surface area (Å²) < 4.78 is 18.6. The summed E-state index contributed by atoms with van der Waals surface area (Å²) in [7, 11) is 3.30. The summed E-state index contributed by atoms with van der Waals surface area (Å²) in [5.41, 5.74) is 0.292. The number of carbonyl (C=O) groups is 1. The number of aromatic nitrogens is 2. The van der Waals surface area contributed by atoms with Gasteiger partial charge in [0.15, 0.2) is 0 Å². The number of nitrogens with one attached hydrogen (secondary N) is 1. The van der Waals surface area contributed by atoms with E-state index >= 15 is 0 Å². The number of hydrogen-bond acceptors (Lipinski definition) is 4. The summed E-state index contributed by atoms with van der Waals surface area (Å²) >= 11 is 0. The number of halogens is 1. The smallest absolute Gasteiger partial charge is 0.316 e. The predicted molar refractivity (Wildman–Crippen MR) is 70.5 cm³/mol. The molecule has 20 heavy (non-hydrogen) atoms. The summed E-state index contributed by atoms with van der Waals surface area (Å²) in [6, 6.07) is 6.02. The van der Waals surface area contributed by atoms with E-state index in [2.05, 4.69) is 15.5 Å². The van der Waals surface area contributed by atoms with Gasteiger partial charge >= 0.3 is 6.03 Å². The SMILES string of the molecule is CN(C)C(=O)NCCc1nc(-c2ccccc2F)no1. The number of benzene rings is 1. The van der Waals surface area contributed by atoms with E-state index in [0.29, 0.717) is 24.4 Å². The third kappa shape index (κ3) is 3.31. The molecular weight excluding hydrogens is 263 g/mol. The number of nitrogens with zero attached hydrogens (tertiary/aromatic N) is 3. The Bertz CT molecular complexity index is 598. The largest absolute Gasteiger partial charge is 0.339 e. The lowest BCUT2D eigenvalue weighted by Gasteiger charge is -2.10. The van der Waals surface area contributed by atoms with Gasteiger partial charge in [-0.2, -0.15) is 4.98 Å². The number of carbonyl (C=O) groups excluding carboxylic acids is 1. The quantitative estimate of drug-likeness (QED) is 0.923. The summed E-state index contributed by atoms with van der Waals surface area (Å²) in [4.78, 5) is 16.8. The van der Waals surface area contributed by atoms with Crippen molar-refractivity contribution in [2.45, 2.75) is 6.42 Å². The van der Waals surface area contributed by atoms with Gasteiger partial charge in [0.05, 0.1) is 5.56 Å². The van der Waals surface area contributed by atoms with E-state index in [0.717, 1.165) is 0 Å². The number of amides is 2. The maximum atomic E-state index is 13.5. The fourth-order valence-corrected chi connectivity index (χ4v) is 1.54. The van der Waals surface area contributed by atoms with Gasteiger partial charge in [-0.05, 0) is 12.1 Å². The molecule has 0 spiro atoms. The zero-order chi connectivity index (χ0) is 14.5. The summed E-state index contributed by atoms with van der Waals surface area (Å²) in [6.07, 6.45) is 0.390. The molecule has 2 rings (SSSR count). The van der Waals surface area contributed by atoms with Crippen molar-refractivity contribution in [2.75, 3.05) is 20.6 Å². The Kier molecular flexibility index (Phi) is 4.29. The zero-order valence-corrected chi connectivity index (χ0v) is 11.3. The van der Waals surface area contributed by atoms with Crippen LogP contribution in [-0.4, -0.2) is 41.7 Å². The van der Waals surface area contributed by atoms with Crippen LogP contribution in [0.4, 0.5) is 9.18 Å². The monoisotopic (exact) mass is 278 g/mol. The molecule has 0 saturated heterocycles. The van der Waals surface area contributed by atoms with Gasteiger partial charge in [0.2, 0.25) is 11.7 Å². The van der Waals surface area contributed by atoms with Gasteiger partial charge in [-0.25, -0.2) is 9.18 Å². The Morgan fingerprint density at radius 1 is 1.40 bits per heavy atom. The lowest BCUT2D eigenvalue weighted by atomic mass is 10.2. The highest BCUT2D eigenvalue weighted by atomic mass is 19.1. The third-order valence-electron chi connectivity index (χ3n) is 2.60. The van der Waals surface area contributed by atoms with Crippen LogP contribution in [0.5, 0.6) is 0 Å². The van der Waals surface area contributed by atoms with Gasteiger partial charge in [0.1, 0.15) is 5.82 Å². The van der Waals surface area contributed by atoms with Crippen molar-refractivity contribution < 1.29 is 13.7 Å². The van der Waals surface area contributed by atoms with Gasteiger partial charge in [-0.1, -0.05) is 17.3 Å². The van der Waals surface area contributed by atoms with Gasteiger partial charge in [-0.15, -0.1) is 0 Å². The highest BCUT2D eigenvalue weighted by Gasteiger charge is 2.12. The molecule has 0 atom stereocenters. The molecule has 2 amide bonds. The van der Waals surface area contributed by atoms with Crippen LogP contribution in [0.15, 0.2) is 28.8 Å². The average molecular weight is 278 g/mol. The summed E-state index contributed by atoms with van der Waals surface area (Å²) in [5.74, 6) is 0.153. The number of hydrogen-bond donors (Lipinski definition) is 1. The maximum Gasteiger partial charge on any atom is 0.316 e. The van der Waals surface area contributed by atoms with E-state index in [1.54, 1.807) is 32.3 Å². The van der Waals surface area contributed by atoms with Crippen LogP contribution in [0, 0.1) is 5.82 Å². The lowest BCUT2D eigenvalue weighted by molar-refractivity contribution is 0.217. The van der Waals surface area contributed by atoms with E-state index in [9.17, 15) is 9.18 Å². The predicted octanol–water partition coefficient (Wildman–Crippen LogP) is 1.69. The normalized spacial score (nSPS) is 10.3. The van der Waals surface area contributed by atoms with Gasteiger partial charge in [-0.3, -0.25) is 0 Å². The molecule has 7 heteroatoms. The summed E-state index contributed by atoms with van der Waals surface area (Å²) in [5, 5.41) is 6.41. The molecule has 0 unspecified atom stereocenters. The van der Waals surface area contributed by atoms with Crippen molar-refractivity contribution in [2.24, 2.45) is 0 Å². The van der Waals surface area contributed by atoms with Crippen LogP contribution in [0.3, 0.4) is 0 Å². The Hall–Kier alpha value is -2.44. The van der Waals surface area contributed by atoms with Crippen LogP contribution in [0.2, 0.25) is 0 Å². The van der Waals surface area contributed by atoms with Crippen LogP contribution in [-0.2, 0) is 6.42 Å². The second kappa shape index (κ2) is 6.14. The average Bonchev–Trinajstić information content (AvgIpc) is 2.87. The molecule has 0 fully saturated rings. The zero-order valence-electron chi connectivity index (χ0n) is 11.3. The van der Waals surface area contributed by atoms with E-state index in [-0.39, 0.29) is 11.9 Å². The van der Waals surface area contributed by atoms with E-state index in [1.165, 1.54) is 11.0 Å². The number of urea groups is 1. The van der Waals surface area contributed by atoms with Gasteiger partial charge in [0, 0.05) is 27.1 Å². The van der Waals surface area contributed by atoms with Gasteiger partial charge < -0.3 is 14.7 Å². The fraction of sp³-hybridized carbons (Fsp3) is 0.308. The van der Waals surface area contributed by atoms with Gasteiger partial charge in [0.25, 0.3) is 0 Å². The molecule has 0 radical (unpaired) electrons. The van der Waals surface area contributed by atoms with Crippen LogP contribution < -0.4 is 5.32 Å². The van der Waals surface area contributed by atoms with Crippen LogP contribution >= 0.6 is 0 Å². The standard InChI is InChI=1S/C13H15FN4O2/c1-18(2)13(19)15-8-7-11-16-12(17-20-11)9-5-3-4-6-10(9)14/h3-6H,7-8H2,1-2H3,(H,15,19). The second-order valence-corrected chi connectivity index (χ2v) is 4.37. The highest BCUT2D eigenvalue weighted by Crippen LogP contribution is 2.19. The topological polar surface area (TPSA) is 71.3 Å². The molecule has 2 aromatic rings. The van der Waals surface area contributed by atoms with E-state index in [4.69, 9.17) is 4.52 Å². The van der Waals surface area contributed by atoms with E-state index in [1.807, 2.05) is 0 Å². The minimum Gasteiger partial charge on any atom is -0.339 e. The first-order valence-corrected chi connectivity index (χ1v) is 6.10. The molecule has 1 heterocycles. The van der Waals surface area contributed by atoms with Crippen molar-refractivity contribution in [3.63, 3.8) is 0 Å². The third-order valence-corrected chi connectivity index (χ3v) is 2.60. The minimum absolute atomic E-state index is 0.196. The molecule has 106 valence electrons. The van der Waals surface area contributed by atoms with Crippen molar-refractivity contribution in [1.82, 2.24) is 20.4 Å². The van der Waals surface area contributed by atoms with Crippen molar-refractivity contribution in [3.05, 3.63) is 36.0 Å². The van der Waals surface area contributed by atoms with Crippen molar-refractivity contribution >= 4 is 6.03 Å². The molecule has 0 bridgehead atoms. The van der Waals surface area contributed by atoms with Crippen molar-refractivity contribution in [1.29, 1.82) is 0 Å².